The van der Waals surface area contributed by atoms with E-state index in [1.807, 2.05) is 29.5 Å². The van der Waals surface area contributed by atoms with Crippen molar-refractivity contribution in [2.45, 2.75) is 19.4 Å². The molecule has 2 unspecified atom stereocenters. The first-order valence-corrected chi connectivity index (χ1v) is 7.39. The normalized spacial score (nSPS) is 22.6. The molecule has 0 bridgehead atoms. The van der Waals surface area contributed by atoms with E-state index in [4.69, 9.17) is 0 Å². The first kappa shape index (κ1) is 15.2. The number of carbonyl (C=O) groups excluding carboxylic acids is 1. The molecule has 0 aliphatic carbocycles. The summed E-state index contributed by atoms with van der Waals surface area (Å²) in [6.45, 7) is 2.84. The Morgan fingerprint density at radius 3 is 2.85 bits per heavy atom. The van der Waals surface area contributed by atoms with Gasteiger partial charge in [-0.15, -0.1) is 0 Å². The number of nitro benzene ring substituents is 1. The Morgan fingerprint density at radius 1 is 1.55 bits per heavy atom. The van der Waals surface area contributed by atoms with E-state index < -0.39 is 4.92 Å². The number of hydrogen-bond donors (Lipinski definition) is 1. The Labute approximate surface area is 130 Å². The number of halogens is 1. The molecule has 0 saturated carbocycles. The van der Waals surface area contributed by atoms with E-state index in [2.05, 4.69) is 0 Å². The highest BCUT2D eigenvalue weighted by atomic mass is 127. The van der Waals surface area contributed by atoms with Gasteiger partial charge in [-0.05, 0) is 41.0 Å². The second-order valence-corrected chi connectivity index (χ2v) is 6.17. The van der Waals surface area contributed by atoms with Crippen molar-refractivity contribution in [3.05, 3.63) is 37.4 Å². The minimum absolute atomic E-state index is 0.0176. The highest BCUT2D eigenvalue weighted by Gasteiger charge is 2.29. The largest absolute Gasteiger partial charge is 0.393 e. The van der Waals surface area contributed by atoms with Crippen LogP contribution in [0.25, 0.3) is 0 Å². The molecule has 0 radical (unpaired) electrons. The molecule has 2 atom stereocenters. The summed E-state index contributed by atoms with van der Waals surface area (Å²) in [5.74, 6) is -0.194. The number of rotatable bonds is 2. The molecule has 7 heteroatoms. The van der Waals surface area contributed by atoms with Crippen molar-refractivity contribution >= 4 is 34.2 Å². The Kier molecular flexibility index (Phi) is 4.59. The Bertz CT molecular complexity index is 549. The smallest absolute Gasteiger partial charge is 0.270 e. The minimum atomic E-state index is -0.505. The molecule has 1 aliphatic rings. The number of nitrogens with zero attached hydrogens (tertiary/aromatic N) is 2. The zero-order valence-electron chi connectivity index (χ0n) is 11.0. The van der Waals surface area contributed by atoms with Crippen molar-refractivity contribution in [1.82, 2.24) is 4.90 Å². The van der Waals surface area contributed by atoms with Crippen molar-refractivity contribution in [3.63, 3.8) is 0 Å². The monoisotopic (exact) mass is 390 g/mol. The Morgan fingerprint density at radius 2 is 2.25 bits per heavy atom. The van der Waals surface area contributed by atoms with E-state index in [0.717, 1.165) is 0 Å². The van der Waals surface area contributed by atoms with Gasteiger partial charge in [0.1, 0.15) is 0 Å². The fraction of sp³-hybridized carbons (Fsp3) is 0.462. The molecule has 2 rings (SSSR count). The lowest BCUT2D eigenvalue weighted by molar-refractivity contribution is -0.384. The second-order valence-electron chi connectivity index (χ2n) is 5.01. The number of benzene rings is 1. The highest BCUT2D eigenvalue weighted by molar-refractivity contribution is 14.1. The van der Waals surface area contributed by atoms with Gasteiger partial charge >= 0.3 is 0 Å². The molecule has 0 aromatic heterocycles. The molecule has 1 N–H and O–H groups in total. The van der Waals surface area contributed by atoms with Gasteiger partial charge in [-0.1, -0.05) is 6.92 Å². The molecule has 1 aromatic rings. The number of carbonyl (C=O) groups is 1. The lowest BCUT2D eigenvalue weighted by Crippen LogP contribution is -2.45. The third kappa shape index (κ3) is 3.09. The zero-order chi connectivity index (χ0) is 14.9. The maximum absolute atomic E-state index is 12.5. The second kappa shape index (κ2) is 6.04. The molecule has 1 amide bonds. The van der Waals surface area contributed by atoms with Crippen LogP contribution in [0.4, 0.5) is 5.69 Å². The van der Waals surface area contributed by atoms with Crippen LogP contribution in [0.1, 0.15) is 23.7 Å². The fourth-order valence-electron chi connectivity index (χ4n) is 2.28. The van der Waals surface area contributed by atoms with E-state index in [1.165, 1.54) is 12.1 Å². The van der Waals surface area contributed by atoms with Crippen LogP contribution < -0.4 is 0 Å². The number of hydrogen-bond acceptors (Lipinski definition) is 4. The van der Waals surface area contributed by atoms with Crippen LogP contribution in [0, 0.1) is 19.6 Å². The summed E-state index contributed by atoms with van der Waals surface area (Å²) in [6.07, 6.45) is 0.154. The van der Waals surface area contributed by atoms with Gasteiger partial charge in [0, 0.05) is 28.8 Å². The fourth-order valence-corrected chi connectivity index (χ4v) is 2.84. The summed E-state index contributed by atoms with van der Waals surface area (Å²) in [6, 6.07) is 4.29. The summed E-state index contributed by atoms with van der Waals surface area (Å²) >= 11 is 2.00. The van der Waals surface area contributed by atoms with E-state index in [9.17, 15) is 20.0 Å². The summed E-state index contributed by atoms with van der Waals surface area (Å²) in [7, 11) is 0. The van der Waals surface area contributed by atoms with E-state index in [-0.39, 0.29) is 23.6 Å². The topological polar surface area (TPSA) is 83.7 Å². The quantitative estimate of drug-likeness (QED) is 0.476. The molecule has 0 spiro atoms. The van der Waals surface area contributed by atoms with Crippen molar-refractivity contribution in [3.8, 4) is 0 Å². The predicted molar refractivity (Wildman–Crippen MR) is 81.5 cm³/mol. The SMILES string of the molecule is CC1CN(C(=O)c2cc([N+](=O)[O-])ccc2I)CCC1O. The Balaban J connectivity index is 2.25. The van der Waals surface area contributed by atoms with Gasteiger partial charge in [-0.25, -0.2) is 0 Å². The van der Waals surface area contributed by atoms with Crippen molar-refractivity contribution in [2.75, 3.05) is 13.1 Å². The molecular weight excluding hydrogens is 375 g/mol. The number of nitro groups is 1. The van der Waals surface area contributed by atoms with Crippen molar-refractivity contribution < 1.29 is 14.8 Å². The number of aliphatic hydroxyl groups excluding tert-OH is 1. The molecule has 20 heavy (non-hydrogen) atoms. The first-order chi connectivity index (χ1) is 9.40. The van der Waals surface area contributed by atoms with Crippen LogP contribution in [0.5, 0.6) is 0 Å². The average Bonchev–Trinajstić information content (AvgIpc) is 2.41. The van der Waals surface area contributed by atoms with Crippen LogP contribution in [0.2, 0.25) is 0 Å². The third-order valence-electron chi connectivity index (χ3n) is 3.54. The van der Waals surface area contributed by atoms with Gasteiger partial charge in [0.25, 0.3) is 11.6 Å². The highest BCUT2D eigenvalue weighted by Crippen LogP contribution is 2.24. The molecule has 1 saturated heterocycles. The van der Waals surface area contributed by atoms with Crippen LogP contribution in [0.3, 0.4) is 0 Å². The van der Waals surface area contributed by atoms with Crippen molar-refractivity contribution in [2.24, 2.45) is 5.92 Å². The Hall–Kier alpha value is -1.22. The lowest BCUT2D eigenvalue weighted by atomic mass is 9.96. The van der Waals surface area contributed by atoms with Crippen molar-refractivity contribution in [1.29, 1.82) is 0 Å². The minimum Gasteiger partial charge on any atom is -0.393 e. The molecule has 1 heterocycles. The lowest BCUT2D eigenvalue weighted by Gasteiger charge is -2.34. The van der Waals surface area contributed by atoms with E-state index in [1.54, 1.807) is 11.0 Å². The van der Waals surface area contributed by atoms with E-state index in [0.29, 0.717) is 28.6 Å². The molecule has 1 fully saturated rings. The van der Waals surface area contributed by atoms with Gasteiger partial charge in [0.2, 0.25) is 0 Å². The maximum Gasteiger partial charge on any atom is 0.270 e. The predicted octanol–water partition coefficient (Wildman–Crippen LogP) is 2.04. The molecule has 1 aliphatic heterocycles. The van der Waals surface area contributed by atoms with Crippen LogP contribution in [-0.2, 0) is 0 Å². The van der Waals surface area contributed by atoms with Crippen LogP contribution in [0.15, 0.2) is 18.2 Å². The molecule has 108 valence electrons. The number of aliphatic hydroxyl groups is 1. The standard InChI is InChI=1S/C13H15IN2O4/c1-8-7-15(5-4-12(8)17)13(18)10-6-9(16(19)20)2-3-11(10)14/h2-3,6,8,12,17H,4-5,7H2,1H3. The van der Waals surface area contributed by atoms with Gasteiger partial charge in [0.15, 0.2) is 0 Å². The van der Waals surface area contributed by atoms with Crippen LogP contribution >= 0.6 is 22.6 Å². The van der Waals surface area contributed by atoms with Gasteiger partial charge < -0.3 is 10.0 Å². The third-order valence-corrected chi connectivity index (χ3v) is 4.48. The zero-order valence-corrected chi connectivity index (χ0v) is 13.1. The number of amides is 1. The van der Waals surface area contributed by atoms with Crippen LogP contribution in [-0.4, -0.2) is 40.0 Å². The summed E-state index contributed by atoms with van der Waals surface area (Å²) < 4.78 is 0.692. The number of non-ortho nitro benzene ring substituents is 1. The van der Waals surface area contributed by atoms with Gasteiger partial charge in [0.05, 0.1) is 16.6 Å². The van der Waals surface area contributed by atoms with Gasteiger partial charge in [-0.3, -0.25) is 14.9 Å². The summed E-state index contributed by atoms with van der Waals surface area (Å²) in [5, 5.41) is 20.5. The van der Waals surface area contributed by atoms with E-state index >= 15 is 0 Å². The van der Waals surface area contributed by atoms with Gasteiger partial charge in [-0.2, -0.15) is 0 Å². The number of likely N-dealkylation sites (tertiary alicyclic amines) is 1. The average molecular weight is 390 g/mol. The number of piperidine rings is 1. The maximum atomic E-state index is 12.5. The molecular formula is C13H15IN2O4. The summed E-state index contributed by atoms with van der Waals surface area (Å²) in [5.41, 5.74) is 0.266. The first-order valence-electron chi connectivity index (χ1n) is 6.31. The molecule has 1 aromatic carbocycles. The summed E-state index contributed by atoms with van der Waals surface area (Å²) in [4.78, 5) is 24.4. The molecule has 6 nitrogen and oxygen atoms in total.